The van der Waals surface area contributed by atoms with Crippen molar-refractivity contribution < 1.29 is 30.8 Å². The fourth-order valence-corrected chi connectivity index (χ4v) is 5.09. The van der Waals surface area contributed by atoms with Gasteiger partial charge >= 0.3 is 6.18 Å². The van der Waals surface area contributed by atoms with E-state index in [-0.39, 0.29) is 29.0 Å². The molecule has 3 rings (SSSR count). The van der Waals surface area contributed by atoms with Crippen molar-refractivity contribution >= 4 is 21.4 Å². The standard InChI is InChI=1S/C21H21F4NO3S/c1-2-11-20(12-18(20)21(23,24)25)19(27)26-15-7-9-16(10-8-15)30(28,29)13-14-5-3-4-6-17(14)22/h3-10,18H,2,11-13H2,1H3,(H,26,27). The second-order valence-corrected chi connectivity index (χ2v) is 9.52. The van der Waals surface area contributed by atoms with Gasteiger partial charge in [-0.2, -0.15) is 13.2 Å². The first kappa shape index (κ1) is 22.3. The lowest BCUT2D eigenvalue weighted by atomic mass is 9.96. The number of hydrogen-bond donors (Lipinski definition) is 1. The van der Waals surface area contributed by atoms with Crippen LogP contribution in [0.1, 0.15) is 31.7 Å². The van der Waals surface area contributed by atoms with Gasteiger partial charge in [0, 0.05) is 11.3 Å². The number of halogens is 4. The van der Waals surface area contributed by atoms with Gasteiger partial charge in [0.25, 0.3) is 0 Å². The second kappa shape index (κ2) is 8.02. The third-order valence-corrected chi connectivity index (χ3v) is 7.07. The predicted molar refractivity (Wildman–Crippen MR) is 104 cm³/mol. The number of sulfone groups is 1. The molecule has 1 saturated carbocycles. The molecule has 0 radical (unpaired) electrons. The minimum absolute atomic E-state index is 0.0308. The van der Waals surface area contributed by atoms with Crippen molar-refractivity contribution in [2.75, 3.05) is 5.32 Å². The summed E-state index contributed by atoms with van der Waals surface area (Å²) in [5.41, 5.74) is -1.24. The maximum atomic E-state index is 13.7. The number of nitrogens with one attached hydrogen (secondary N) is 1. The molecule has 0 heterocycles. The molecule has 1 aliphatic carbocycles. The van der Waals surface area contributed by atoms with Gasteiger partial charge < -0.3 is 5.32 Å². The van der Waals surface area contributed by atoms with Gasteiger partial charge in [0.1, 0.15) is 5.82 Å². The Labute approximate surface area is 172 Å². The molecular formula is C21H21F4NO3S. The minimum Gasteiger partial charge on any atom is -0.326 e. The fourth-order valence-electron chi connectivity index (χ4n) is 3.73. The molecule has 4 nitrogen and oxygen atoms in total. The summed E-state index contributed by atoms with van der Waals surface area (Å²) in [6.07, 6.45) is -4.12. The van der Waals surface area contributed by atoms with Crippen LogP contribution in [0.25, 0.3) is 0 Å². The van der Waals surface area contributed by atoms with Crippen molar-refractivity contribution in [3.63, 3.8) is 0 Å². The second-order valence-electron chi connectivity index (χ2n) is 7.53. The number of carbonyl (C=O) groups excluding carboxylic acids is 1. The average Bonchev–Trinajstić information content (AvgIpc) is 3.41. The summed E-state index contributed by atoms with van der Waals surface area (Å²) < 4.78 is 78.0. The van der Waals surface area contributed by atoms with E-state index in [1.165, 1.54) is 48.5 Å². The third kappa shape index (κ3) is 4.50. The highest BCUT2D eigenvalue weighted by Crippen LogP contribution is 2.63. The third-order valence-electron chi connectivity index (χ3n) is 5.39. The number of alkyl halides is 3. The SMILES string of the molecule is CCCC1(C(=O)Nc2ccc(S(=O)(=O)Cc3ccccc3F)cc2)CC1C(F)(F)F. The summed E-state index contributed by atoms with van der Waals surface area (Å²) in [7, 11) is -3.84. The Hall–Kier alpha value is -2.42. The molecule has 1 fully saturated rings. The molecule has 1 aliphatic rings. The zero-order valence-corrected chi connectivity index (χ0v) is 17.0. The van der Waals surface area contributed by atoms with E-state index < -0.39 is 44.8 Å². The van der Waals surface area contributed by atoms with Gasteiger partial charge in [0.05, 0.1) is 22.0 Å². The van der Waals surface area contributed by atoms with Crippen LogP contribution in [0.15, 0.2) is 53.4 Å². The van der Waals surface area contributed by atoms with Crippen LogP contribution in [-0.2, 0) is 20.4 Å². The van der Waals surface area contributed by atoms with Gasteiger partial charge in [0.15, 0.2) is 9.84 Å². The molecule has 9 heteroatoms. The maximum Gasteiger partial charge on any atom is 0.392 e. The molecule has 2 atom stereocenters. The van der Waals surface area contributed by atoms with Gasteiger partial charge in [-0.25, -0.2) is 12.8 Å². The van der Waals surface area contributed by atoms with Gasteiger partial charge in [0.2, 0.25) is 5.91 Å². The number of hydrogen-bond acceptors (Lipinski definition) is 3. The molecule has 0 bridgehead atoms. The average molecular weight is 443 g/mol. The van der Waals surface area contributed by atoms with Gasteiger partial charge in [-0.3, -0.25) is 4.79 Å². The topological polar surface area (TPSA) is 63.2 Å². The molecular weight excluding hydrogens is 422 g/mol. The molecule has 0 saturated heterocycles. The number of carbonyl (C=O) groups is 1. The summed E-state index contributed by atoms with van der Waals surface area (Å²) >= 11 is 0. The Kier molecular flexibility index (Phi) is 5.95. The molecule has 2 unspecified atom stereocenters. The number of benzene rings is 2. The summed E-state index contributed by atoms with van der Waals surface area (Å²) in [4.78, 5) is 12.5. The molecule has 30 heavy (non-hydrogen) atoms. The minimum atomic E-state index is -4.43. The van der Waals surface area contributed by atoms with E-state index >= 15 is 0 Å². The summed E-state index contributed by atoms with van der Waals surface area (Å²) in [6, 6.07) is 10.7. The van der Waals surface area contributed by atoms with E-state index in [4.69, 9.17) is 0 Å². The molecule has 0 aromatic heterocycles. The van der Waals surface area contributed by atoms with Crippen molar-refractivity contribution in [3.8, 4) is 0 Å². The Morgan fingerprint density at radius 2 is 1.77 bits per heavy atom. The summed E-state index contributed by atoms with van der Waals surface area (Å²) in [6.45, 7) is 1.72. The van der Waals surface area contributed by atoms with Crippen molar-refractivity contribution in [3.05, 3.63) is 59.9 Å². The van der Waals surface area contributed by atoms with Gasteiger partial charge in [-0.1, -0.05) is 31.5 Å². The Morgan fingerprint density at radius 1 is 1.13 bits per heavy atom. The number of amides is 1. The molecule has 0 aliphatic heterocycles. The largest absolute Gasteiger partial charge is 0.392 e. The highest BCUT2D eigenvalue weighted by molar-refractivity contribution is 7.90. The van der Waals surface area contributed by atoms with Crippen molar-refractivity contribution in [2.24, 2.45) is 11.3 Å². The van der Waals surface area contributed by atoms with E-state index in [0.29, 0.717) is 6.42 Å². The van der Waals surface area contributed by atoms with Gasteiger partial charge in [-0.15, -0.1) is 0 Å². The highest BCUT2D eigenvalue weighted by Gasteiger charge is 2.69. The van der Waals surface area contributed by atoms with Crippen molar-refractivity contribution in [1.29, 1.82) is 0 Å². The van der Waals surface area contributed by atoms with Crippen molar-refractivity contribution in [1.82, 2.24) is 0 Å². The normalized spacial score (nSPS) is 21.3. The Bertz CT molecular complexity index is 1030. The molecule has 0 spiro atoms. The van der Waals surface area contributed by atoms with E-state index in [9.17, 15) is 30.8 Å². The van der Waals surface area contributed by atoms with Crippen molar-refractivity contribution in [2.45, 2.75) is 43.0 Å². The lowest BCUT2D eigenvalue weighted by Crippen LogP contribution is -2.30. The van der Waals surface area contributed by atoms with Crippen LogP contribution < -0.4 is 5.32 Å². The first-order valence-corrected chi connectivity index (χ1v) is 11.1. The maximum absolute atomic E-state index is 13.7. The lowest BCUT2D eigenvalue weighted by molar-refractivity contribution is -0.160. The van der Waals surface area contributed by atoms with Gasteiger partial charge in [-0.05, 0) is 43.2 Å². The first-order chi connectivity index (χ1) is 14.0. The van der Waals surface area contributed by atoms with Crippen LogP contribution in [0.5, 0.6) is 0 Å². The Balaban J connectivity index is 1.73. The fraction of sp³-hybridized carbons (Fsp3) is 0.381. The Morgan fingerprint density at radius 3 is 2.30 bits per heavy atom. The van der Waals surface area contributed by atoms with Crippen LogP contribution in [0.4, 0.5) is 23.2 Å². The molecule has 2 aromatic carbocycles. The lowest BCUT2D eigenvalue weighted by Gasteiger charge is -2.18. The number of anilines is 1. The highest BCUT2D eigenvalue weighted by atomic mass is 32.2. The van der Waals surface area contributed by atoms with Crippen LogP contribution in [0.2, 0.25) is 0 Å². The summed E-state index contributed by atoms with van der Waals surface area (Å²) in [5, 5.41) is 2.48. The van der Waals surface area contributed by atoms with Crippen LogP contribution >= 0.6 is 0 Å². The predicted octanol–water partition coefficient (Wildman–Crippen LogP) is 5.11. The smallest absolute Gasteiger partial charge is 0.326 e. The van der Waals surface area contributed by atoms with E-state index in [1.807, 2.05) is 0 Å². The summed E-state index contributed by atoms with van der Waals surface area (Å²) in [5.74, 6) is -3.54. The zero-order valence-electron chi connectivity index (χ0n) is 16.2. The van der Waals surface area contributed by atoms with E-state index in [0.717, 1.165) is 0 Å². The quantitative estimate of drug-likeness (QED) is 0.605. The molecule has 2 aromatic rings. The van der Waals surface area contributed by atoms with Crippen LogP contribution in [0, 0.1) is 17.2 Å². The van der Waals surface area contributed by atoms with E-state index in [1.54, 1.807) is 6.92 Å². The zero-order chi connectivity index (χ0) is 22.2. The molecule has 1 N–H and O–H groups in total. The first-order valence-electron chi connectivity index (χ1n) is 9.44. The van der Waals surface area contributed by atoms with Crippen LogP contribution in [-0.4, -0.2) is 20.5 Å². The molecule has 1 amide bonds. The van der Waals surface area contributed by atoms with E-state index in [2.05, 4.69) is 5.32 Å². The molecule has 162 valence electrons. The monoisotopic (exact) mass is 443 g/mol. The van der Waals surface area contributed by atoms with Crippen LogP contribution in [0.3, 0.4) is 0 Å². The number of rotatable bonds is 7.